The molecule has 0 spiro atoms. The number of esters is 1. The minimum absolute atomic E-state index is 0.117. The number of hydrogen-bond acceptors (Lipinski definition) is 6. The topological polar surface area (TPSA) is 67.3 Å². The average molecular weight is 313 g/mol. The van der Waals surface area contributed by atoms with Crippen LogP contribution in [-0.4, -0.2) is 54.1 Å². The number of halogens is 1. The summed E-state index contributed by atoms with van der Waals surface area (Å²) < 4.78 is 5.01. The maximum Gasteiger partial charge on any atom is 0.343 e. The number of carbonyl (C=O) groups excluding carboxylic acids is 1. The van der Waals surface area contributed by atoms with Gasteiger partial charge in [-0.25, -0.2) is 9.78 Å². The molecule has 7 heteroatoms. The molecule has 0 radical (unpaired) electrons. The molecule has 0 saturated carbocycles. The Morgan fingerprint density at radius 2 is 2.43 bits per heavy atom. The first-order chi connectivity index (χ1) is 10.1. The van der Waals surface area contributed by atoms with Gasteiger partial charge < -0.3 is 15.0 Å². The molecule has 2 heterocycles. The molecule has 116 valence electrons. The third-order valence-electron chi connectivity index (χ3n) is 3.53. The van der Waals surface area contributed by atoms with Crippen molar-refractivity contribution in [3.8, 4) is 0 Å². The Morgan fingerprint density at radius 3 is 3.14 bits per heavy atom. The molecular weight excluding hydrogens is 292 g/mol. The van der Waals surface area contributed by atoms with E-state index in [1.165, 1.54) is 19.0 Å². The summed E-state index contributed by atoms with van der Waals surface area (Å²) in [5, 5.41) is 3.34. The standard InChI is InChI=1S/C14H21ClN4O2/c1-3-21-13(20)11-8-17-14(15)18-12(11)16-7-10-5-4-6-19(2)9-10/h8,10H,3-7,9H2,1-2H3,(H,16,17,18). The van der Waals surface area contributed by atoms with Gasteiger partial charge in [0.15, 0.2) is 0 Å². The number of nitrogens with one attached hydrogen (secondary N) is 1. The zero-order valence-electron chi connectivity index (χ0n) is 12.4. The maximum absolute atomic E-state index is 11.9. The molecule has 1 N–H and O–H groups in total. The lowest BCUT2D eigenvalue weighted by Gasteiger charge is -2.29. The molecule has 1 fully saturated rings. The van der Waals surface area contributed by atoms with Crippen molar-refractivity contribution in [2.75, 3.05) is 38.6 Å². The number of hydrogen-bond donors (Lipinski definition) is 1. The van der Waals surface area contributed by atoms with Gasteiger partial charge in [0.2, 0.25) is 5.28 Å². The normalized spacial score (nSPS) is 19.3. The van der Waals surface area contributed by atoms with Crippen molar-refractivity contribution in [3.63, 3.8) is 0 Å². The quantitative estimate of drug-likeness (QED) is 0.663. The lowest BCUT2D eigenvalue weighted by Crippen LogP contribution is -2.35. The Labute approximate surface area is 129 Å². The van der Waals surface area contributed by atoms with E-state index in [-0.39, 0.29) is 5.28 Å². The van der Waals surface area contributed by atoms with E-state index < -0.39 is 5.97 Å². The van der Waals surface area contributed by atoms with E-state index in [2.05, 4.69) is 27.2 Å². The van der Waals surface area contributed by atoms with E-state index in [0.29, 0.717) is 23.9 Å². The van der Waals surface area contributed by atoms with Crippen molar-refractivity contribution < 1.29 is 9.53 Å². The van der Waals surface area contributed by atoms with E-state index in [0.717, 1.165) is 19.6 Å². The van der Waals surface area contributed by atoms with Crippen molar-refractivity contribution in [1.82, 2.24) is 14.9 Å². The highest BCUT2D eigenvalue weighted by Gasteiger charge is 2.20. The summed E-state index contributed by atoms with van der Waals surface area (Å²) in [6, 6.07) is 0. The summed E-state index contributed by atoms with van der Waals surface area (Å²) >= 11 is 5.82. The predicted molar refractivity (Wildman–Crippen MR) is 81.7 cm³/mol. The minimum Gasteiger partial charge on any atom is -0.462 e. The van der Waals surface area contributed by atoms with Gasteiger partial charge >= 0.3 is 5.97 Å². The first kappa shape index (κ1) is 16.0. The molecule has 6 nitrogen and oxygen atoms in total. The van der Waals surface area contributed by atoms with Gasteiger partial charge in [-0.05, 0) is 50.9 Å². The predicted octanol–water partition coefficient (Wildman–Crippen LogP) is 2.06. The Balaban J connectivity index is 2.04. The van der Waals surface area contributed by atoms with Crippen LogP contribution < -0.4 is 5.32 Å². The molecule has 1 saturated heterocycles. The van der Waals surface area contributed by atoms with Crippen molar-refractivity contribution in [3.05, 3.63) is 17.0 Å². The molecule has 1 atom stereocenters. The molecule has 1 aliphatic heterocycles. The molecule has 1 unspecified atom stereocenters. The summed E-state index contributed by atoms with van der Waals surface area (Å²) in [6.45, 7) is 5.02. The first-order valence-corrected chi connectivity index (χ1v) is 7.60. The monoisotopic (exact) mass is 312 g/mol. The Hall–Kier alpha value is -1.40. The van der Waals surface area contributed by atoms with Gasteiger partial charge in [0.05, 0.1) is 6.61 Å². The van der Waals surface area contributed by atoms with Crippen LogP contribution in [0.5, 0.6) is 0 Å². The smallest absolute Gasteiger partial charge is 0.343 e. The van der Waals surface area contributed by atoms with Gasteiger partial charge in [-0.3, -0.25) is 0 Å². The van der Waals surface area contributed by atoms with Crippen molar-refractivity contribution in [2.45, 2.75) is 19.8 Å². The fraction of sp³-hybridized carbons (Fsp3) is 0.643. The number of piperidine rings is 1. The average Bonchev–Trinajstić information content (AvgIpc) is 2.45. The van der Waals surface area contributed by atoms with Crippen molar-refractivity contribution in [2.24, 2.45) is 5.92 Å². The summed E-state index contributed by atoms with van der Waals surface area (Å²) in [5.74, 6) is 0.548. The number of carbonyl (C=O) groups is 1. The number of likely N-dealkylation sites (tertiary alicyclic amines) is 1. The third kappa shape index (κ3) is 4.54. The second kappa shape index (κ2) is 7.56. The molecule has 2 rings (SSSR count). The van der Waals surface area contributed by atoms with E-state index >= 15 is 0 Å². The van der Waals surface area contributed by atoms with E-state index in [1.807, 2.05) is 0 Å². The summed E-state index contributed by atoms with van der Waals surface area (Å²) in [6.07, 6.45) is 3.77. The zero-order valence-corrected chi connectivity index (χ0v) is 13.2. The lowest BCUT2D eigenvalue weighted by molar-refractivity contribution is 0.0526. The number of rotatable bonds is 5. The van der Waals surface area contributed by atoms with Gasteiger partial charge in [-0.15, -0.1) is 0 Å². The van der Waals surface area contributed by atoms with Gasteiger partial charge in [-0.2, -0.15) is 4.98 Å². The third-order valence-corrected chi connectivity index (χ3v) is 3.72. The first-order valence-electron chi connectivity index (χ1n) is 7.22. The molecule has 21 heavy (non-hydrogen) atoms. The van der Waals surface area contributed by atoms with Crippen molar-refractivity contribution >= 4 is 23.4 Å². The summed E-state index contributed by atoms with van der Waals surface area (Å²) in [5.41, 5.74) is 0.324. The molecular formula is C14H21ClN4O2. The van der Waals surface area contributed by atoms with E-state index in [1.54, 1.807) is 6.92 Å². The second-order valence-electron chi connectivity index (χ2n) is 5.27. The minimum atomic E-state index is -0.433. The number of nitrogens with zero attached hydrogens (tertiary/aromatic N) is 3. The van der Waals surface area contributed by atoms with Crippen LogP contribution in [0.25, 0.3) is 0 Å². The molecule has 1 aromatic heterocycles. The van der Waals surface area contributed by atoms with E-state index in [4.69, 9.17) is 16.3 Å². The van der Waals surface area contributed by atoms with Gasteiger partial charge in [-0.1, -0.05) is 0 Å². The SMILES string of the molecule is CCOC(=O)c1cnc(Cl)nc1NCC1CCCN(C)C1. The van der Waals surface area contributed by atoms with Crippen LogP contribution in [0, 0.1) is 5.92 Å². The molecule has 1 aliphatic rings. The highest BCUT2D eigenvalue weighted by atomic mass is 35.5. The highest BCUT2D eigenvalue weighted by Crippen LogP contribution is 2.19. The van der Waals surface area contributed by atoms with Crippen LogP contribution in [0.4, 0.5) is 5.82 Å². The summed E-state index contributed by atoms with van der Waals surface area (Å²) in [4.78, 5) is 22.2. The Morgan fingerprint density at radius 1 is 1.62 bits per heavy atom. The lowest BCUT2D eigenvalue weighted by atomic mass is 9.98. The molecule has 1 aromatic rings. The van der Waals surface area contributed by atoms with Crippen LogP contribution in [-0.2, 0) is 4.74 Å². The van der Waals surface area contributed by atoms with Crippen LogP contribution in [0.2, 0.25) is 5.28 Å². The number of anilines is 1. The summed E-state index contributed by atoms with van der Waals surface area (Å²) in [7, 11) is 2.12. The van der Waals surface area contributed by atoms with E-state index in [9.17, 15) is 4.79 Å². The van der Waals surface area contributed by atoms with Crippen LogP contribution in [0.3, 0.4) is 0 Å². The largest absolute Gasteiger partial charge is 0.462 e. The second-order valence-corrected chi connectivity index (χ2v) is 5.61. The van der Waals surface area contributed by atoms with Crippen LogP contribution in [0.1, 0.15) is 30.1 Å². The van der Waals surface area contributed by atoms with Gasteiger partial charge in [0, 0.05) is 19.3 Å². The highest BCUT2D eigenvalue weighted by molar-refractivity contribution is 6.28. The van der Waals surface area contributed by atoms with Gasteiger partial charge in [0.25, 0.3) is 0 Å². The fourth-order valence-electron chi connectivity index (χ4n) is 2.53. The molecule has 0 bridgehead atoms. The van der Waals surface area contributed by atoms with Crippen LogP contribution in [0.15, 0.2) is 6.20 Å². The fourth-order valence-corrected chi connectivity index (χ4v) is 2.67. The Kier molecular flexibility index (Phi) is 5.76. The number of aromatic nitrogens is 2. The number of ether oxygens (including phenoxy) is 1. The maximum atomic E-state index is 11.9. The van der Waals surface area contributed by atoms with Crippen LogP contribution >= 0.6 is 11.6 Å². The van der Waals surface area contributed by atoms with Crippen molar-refractivity contribution in [1.29, 1.82) is 0 Å². The molecule has 0 amide bonds. The molecule has 0 aromatic carbocycles. The Bertz CT molecular complexity index is 498. The van der Waals surface area contributed by atoms with Gasteiger partial charge in [0.1, 0.15) is 11.4 Å². The zero-order chi connectivity index (χ0) is 15.2. The molecule has 0 aliphatic carbocycles.